The molecule has 5 nitrogen and oxygen atoms in total. The highest BCUT2D eigenvalue weighted by molar-refractivity contribution is 6.35. The van der Waals surface area contributed by atoms with Crippen LogP contribution in [0.15, 0.2) is 23.6 Å². The van der Waals surface area contributed by atoms with E-state index in [2.05, 4.69) is 10.1 Å². The van der Waals surface area contributed by atoms with Crippen LogP contribution in [0, 0.1) is 5.92 Å². The van der Waals surface area contributed by atoms with Crippen LogP contribution in [0.1, 0.15) is 27.6 Å². The van der Waals surface area contributed by atoms with Crippen LogP contribution in [-0.2, 0) is 0 Å². The third-order valence-electron chi connectivity index (χ3n) is 2.50. The molecular weight excluding hydrogens is 194 g/mol. The summed E-state index contributed by atoms with van der Waals surface area (Å²) in [6.45, 7) is 1.57. The smallest absolute Gasteiger partial charge is 0.181 e. The van der Waals surface area contributed by atoms with E-state index in [-0.39, 0.29) is 11.6 Å². The quantitative estimate of drug-likeness (QED) is 0.310. The molecule has 0 aliphatic heterocycles. The first-order valence-corrected chi connectivity index (χ1v) is 4.43. The van der Waals surface area contributed by atoms with Crippen molar-refractivity contribution < 1.29 is 9.59 Å². The summed E-state index contributed by atoms with van der Waals surface area (Å²) in [4.78, 5) is 27.4. The Morgan fingerprint density at radius 1 is 1.40 bits per heavy atom. The van der Waals surface area contributed by atoms with E-state index < -0.39 is 5.92 Å². The molecule has 0 amide bonds. The van der Waals surface area contributed by atoms with Crippen LogP contribution >= 0.6 is 0 Å². The Hall–Kier alpha value is -2.04. The molecule has 0 saturated carbocycles. The molecule has 1 aromatic heterocycles. The van der Waals surface area contributed by atoms with Crippen LogP contribution in [0.3, 0.4) is 0 Å². The number of nitrogens with zero attached hydrogens (tertiary/aromatic N) is 2. The second kappa shape index (κ2) is 3.27. The average molecular weight is 203 g/mol. The van der Waals surface area contributed by atoms with Gasteiger partial charge in [-0.2, -0.15) is 5.10 Å². The summed E-state index contributed by atoms with van der Waals surface area (Å²) >= 11 is 0. The van der Waals surface area contributed by atoms with Crippen molar-refractivity contribution in [3.8, 4) is 0 Å². The Labute approximate surface area is 86.0 Å². The zero-order valence-electron chi connectivity index (χ0n) is 8.10. The number of fused-ring (bicyclic) bond motifs is 1. The number of rotatable bonds is 1. The number of aromatic nitrogens is 1. The van der Waals surface area contributed by atoms with Crippen molar-refractivity contribution in [2.75, 3.05) is 0 Å². The van der Waals surface area contributed by atoms with Gasteiger partial charge in [-0.05, 0) is 13.0 Å². The Balaban J connectivity index is 2.55. The van der Waals surface area contributed by atoms with E-state index in [0.29, 0.717) is 16.8 Å². The van der Waals surface area contributed by atoms with Crippen molar-refractivity contribution in [2.24, 2.45) is 16.9 Å². The highest BCUT2D eigenvalue weighted by Crippen LogP contribution is 2.26. The van der Waals surface area contributed by atoms with E-state index in [9.17, 15) is 9.59 Å². The summed E-state index contributed by atoms with van der Waals surface area (Å²) < 4.78 is 0. The normalized spacial score (nSPS) is 20.6. The molecular formula is C10H9N3O2. The van der Waals surface area contributed by atoms with Gasteiger partial charge in [-0.3, -0.25) is 14.6 Å². The van der Waals surface area contributed by atoms with Gasteiger partial charge >= 0.3 is 0 Å². The van der Waals surface area contributed by atoms with Crippen molar-refractivity contribution in [2.45, 2.75) is 6.92 Å². The number of hydrogen-bond acceptors (Lipinski definition) is 5. The third-order valence-corrected chi connectivity index (χ3v) is 2.50. The maximum Gasteiger partial charge on any atom is 0.181 e. The molecule has 1 aromatic rings. The van der Waals surface area contributed by atoms with E-state index in [1.807, 2.05) is 0 Å². The van der Waals surface area contributed by atoms with Gasteiger partial charge in [0, 0.05) is 23.5 Å². The molecule has 1 unspecified atom stereocenters. The fraction of sp³-hybridized carbons (Fsp3) is 0.200. The van der Waals surface area contributed by atoms with Gasteiger partial charge in [-0.15, -0.1) is 0 Å². The number of pyridine rings is 1. The Bertz CT molecular complexity index is 444. The zero-order valence-corrected chi connectivity index (χ0v) is 8.10. The molecule has 2 N–H and O–H groups in total. The number of Topliss-reactive ketones (excluding diaryl/α,β-unsaturated/α-hetero) is 2. The second-order valence-corrected chi connectivity index (χ2v) is 3.35. The minimum Gasteiger partial charge on any atom is -0.323 e. The maximum absolute atomic E-state index is 11.8. The molecule has 1 aliphatic carbocycles. The van der Waals surface area contributed by atoms with Gasteiger partial charge in [0.05, 0.1) is 5.71 Å². The van der Waals surface area contributed by atoms with Gasteiger partial charge in [-0.1, -0.05) is 0 Å². The van der Waals surface area contributed by atoms with Crippen molar-refractivity contribution in [3.63, 3.8) is 0 Å². The lowest BCUT2D eigenvalue weighted by atomic mass is 9.99. The summed E-state index contributed by atoms with van der Waals surface area (Å²) in [7, 11) is 0. The van der Waals surface area contributed by atoms with E-state index in [1.165, 1.54) is 12.4 Å². The molecule has 5 heteroatoms. The first-order valence-electron chi connectivity index (χ1n) is 4.43. The molecule has 0 bridgehead atoms. The first kappa shape index (κ1) is 9.51. The van der Waals surface area contributed by atoms with Gasteiger partial charge in [-0.25, -0.2) is 0 Å². The highest BCUT2D eigenvalue weighted by atomic mass is 16.2. The summed E-state index contributed by atoms with van der Waals surface area (Å²) in [6.07, 6.45) is 2.89. The van der Waals surface area contributed by atoms with Crippen LogP contribution in [0.5, 0.6) is 0 Å². The lowest BCUT2D eigenvalue weighted by Gasteiger charge is -2.03. The van der Waals surface area contributed by atoms with Crippen molar-refractivity contribution in [3.05, 3.63) is 29.6 Å². The fourth-order valence-electron chi connectivity index (χ4n) is 1.69. The summed E-state index contributed by atoms with van der Waals surface area (Å²) in [6, 6.07) is 1.54. The monoisotopic (exact) mass is 203 g/mol. The average Bonchev–Trinajstić information content (AvgIpc) is 2.52. The molecule has 76 valence electrons. The molecule has 0 aromatic carbocycles. The zero-order chi connectivity index (χ0) is 11.0. The maximum atomic E-state index is 11.8. The summed E-state index contributed by atoms with van der Waals surface area (Å²) in [5.74, 6) is 3.71. The largest absolute Gasteiger partial charge is 0.323 e. The summed E-state index contributed by atoms with van der Waals surface area (Å²) in [5.41, 5.74) is 1.10. The third kappa shape index (κ3) is 1.24. The van der Waals surface area contributed by atoms with Crippen LogP contribution in [0.2, 0.25) is 0 Å². The molecule has 0 radical (unpaired) electrons. The Morgan fingerprint density at radius 3 is 2.67 bits per heavy atom. The standard InChI is InChI=1S/C10H9N3O2/c1-5(13-11)8-9(14)6-2-3-12-4-7(6)10(8)15/h2-4,8H,11H2,1H3/b13-5+. The number of ketones is 2. The minimum atomic E-state index is -0.853. The lowest BCUT2D eigenvalue weighted by molar-refractivity contribution is 0.0883. The number of hydrogen-bond donors (Lipinski definition) is 1. The number of carbonyl (C=O) groups is 2. The van der Waals surface area contributed by atoms with Crippen LogP contribution < -0.4 is 5.84 Å². The van der Waals surface area contributed by atoms with E-state index >= 15 is 0 Å². The van der Waals surface area contributed by atoms with Crippen molar-refractivity contribution in [1.29, 1.82) is 0 Å². The van der Waals surface area contributed by atoms with Gasteiger partial charge in [0.15, 0.2) is 11.6 Å². The van der Waals surface area contributed by atoms with Gasteiger partial charge < -0.3 is 5.84 Å². The predicted molar refractivity (Wildman–Crippen MR) is 53.7 cm³/mol. The van der Waals surface area contributed by atoms with E-state index in [1.54, 1.807) is 13.0 Å². The molecule has 2 rings (SSSR count). The van der Waals surface area contributed by atoms with Crippen LogP contribution in [0.4, 0.5) is 0 Å². The fourth-order valence-corrected chi connectivity index (χ4v) is 1.69. The molecule has 0 fully saturated rings. The second-order valence-electron chi connectivity index (χ2n) is 3.35. The van der Waals surface area contributed by atoms with E-state index in [4.69, 9.17) is 5.84 Å². The molecule has 1 aliphatic rings. The minimum absolute atomic E-state index is 0.246. The Kier molecular flexibility index (Phi) is 2.07. The summed E-state index contributed by atoms with van der Waals surface area (Å²) in [5, 5.41) is 3.41. The van der Waals surface area contributed by atoms with E-state index in [0.717, 1.165) is 0 Å². The van der Waals surface area contributed by atoms with Crippen LogP contribution in [0.25, 0.3) is 0 Å². The van der Waals surface area contributed by atoms with Crippen molar-refractivity contribution >= 4 is 17.3 Å². The number of carbonyl (C=O) groups excluding carboxylic acids is 2. The molecule has 1 atom stereocenters. The highest BCUT2D eigenvalue weighted by Gasteiger charge is 2.40. The molecule has 0 spiro atoms. The molecule has 1 heterocycles. The van der Waals surface area contributed by atoms with Gasteiger partial charge in [0.2, 0.25) is 0 Å². The van der Waals surface area contributed by atoms with Crippen LogP contribution in [-0.4, -0.2) is 22.3 Å². The molecule has 0 saturated heterocycles. The molecule has 15 heavy (non-hydrogen) atoms. The Morgan fingerprint density at radius 2 is 2.07 bits per heavy atom. The van der Waals surface area contributed by atoms with Gasteiger partial charge in [0.1, 0.15) is 5.92 Å². The topological polar surface area (TPSA) is 85.4 Å². The first-order chi connectivity index (χ1) is 7.16. The van der Waals surface area contributed by atoms with Gasteiger partial charge in [0.25, 0.3) is 0 Å². The SMILES string of the molecule is C/C(=N\N)C1C(=O)c2ccncc2C1=O. The predicted octanol–water partition coefficient (Wildman–Crippen LogP) is 0.411. The number of hydrazone groups is 1. The lowest BCUT2D eigenvalue weighted by Crippen LogP contribution is -2.24. The number of nitrogens with two attached hydrogens (primary N) is 1. The van der Waals surface area contributed by atoms with Crippen molar-refractivity contribution in [1.82, 2.24) is 4.98 Å².